The van der Waals surface area contributed by atoms with Crippen LogP contribution in [0.4, 0.5) is 8.78 Å². The fourth-order valence-corrected chi connectivity index (χ4v) is 8.71. The molecule has 0 saturated heterocycles. The zero-order valence-electron chi connectivity index (χ0n) is 19.8. The number of allylic oxidation sites excluding steroid dienone is 4. The van der Waals surface area contributed by atoms with Gasteiger partial charge in [0, 0.05) is 29.1 Å². The van der Waals surface area contributed by atoms with E-state index >= 15 is 8.78 Å². The second-order valence-corrected chi connectivity index (χ2v) is 12.1. The van der Waals surface area contributed by atoms with Crippen LogP contribution in [0.3, 0.4) is 0 Å². The molecular formula is C25H31ClF2O5S. The van der Waals surface area contributed by atoms with Crippen LogP contribution in [-0.2, 0) is 19.1 Å². The van der Waals surface area contributed by atoms with Crippen LogP contribution in [-0.4, -0.2) is 50.7 Å². The molecule has 1 unspecified atom stereocenters. The van der Waals surface area contributed by atoms with Gasteiger partial charge in [-0.2, -0.15) is 0 Å². The number of fused-ring (bicyclic) bond motifs is 5. The van der Waals surface area contributed by atoms with Gasteiger partial charge in [0.25, 0.3) is 0 Å². The first-order chi connectivity index (χ1) is 15.8. The van der Waals surface area contributed by atoms with Crippen molar-refractivity contribution in [3.8, 4) is 0 Å². The predicted octanol–water partition coefficient (Wildman–Crippen LogP) is 4.70. The number of hydrogen-bond acceptors (Lipinski definition) is 6. The fourth-order valence-electron chi connectivity index (χ4n) is 7.63. The Hall–Kier alpha value is -1.25. The van der Waals surface area contributed by atoms with E-state index in [2.05, 4.69) is 0 Å². The highest BCUT2D eigenvalue weighted by Crippen LogP contribution is 2.72. The third-order valence-electron chi connectivity index (χ3n) is 9.22. The van der Waals surface area contributed by atoms with Crippen LogP contribution in [0.5, 0.6) is 0 Å². The van der Waals surface area contributed by atoms with Crippen LogP contribution in [0.2, 0.25) is 0 Å². The maximum atomic E-state index is 17.3. The Morgan fingerprint density at radius 1 is 1.29 bits per heavy atom. The smallest absolute Gasteiger partial charge is 0.306 e. The van der Waals surface area contributed by atoms with Crippen molar-refractivity contribution < 1.29 is 33.0 Å². The second kappa shape index (κ2) is 8.41. The van der Waals surface area contributed by atoms with Crippen LogP contribution in [0.15, 0.2) is 23.8 Å². The molecule has 4 aliphatic rings. The number of aliphatic hydroxyl groups is 1. The van der Waals surface area contributed by atoms with E-state index in [4.69, 9.17) is 16.3 Å². The highest BCUT2D eigenvalue weighted by atomic mass is 35.5. The summed E-state index contributed by atoms with van der Waals surface area (Å²) in [6.45, 7) is 6.69. The molecule has 0 radical (unpaired) electrons. The highest BCUT2D eigenvalue weighted by Gasteiger charge is 2.78. The third-order valence-corrected chi connectivity index (χ3v) is 10.2. The molecule has 4 aliphatic carbocycles. The Labute approximate surface area is 207 Å². The van der Waals surface area contributed by atoms with Gasteiger partial charge in [0.2, 0.25) is 5.12 Å². The lowest BCUT2D eigenvalue weighted by Crippen LogP contribution is -2.70. The normalized spacial score (nSPS) is 47.4. The lowest BCUT2D eigenvalue weighted by molar-refractivity contribution is -0.228. The first kappa shape index (κ1) is 25.8. The summed E-state index contributed by atoms with van der Waals surface area (Å²) < 4.78 is 38.7. The number of aliphatic hydroxyl groups excluding tert-OH is 1. The van der Waals surface area contributed by atoms with Gasteiger partial charge in [-0.3, -0.25) is 14.4 Å². The lowest BCUT2D eigenvalue weighted by Gasteiger charge is -2.63. The first-order valence-electron chi connectivity index (χ1n) is 11.7. The SMILES string of the molecule is CCC(=O)O[C@]1(C(=O)SCCl)[C@H](C)C[C@H]2C3C[C@H](F)C4=CC(=O)C=C[C@]4(C)[C@@]3(F)[C@@H](O)C[C@@]21C. The molecule has 0 aromatic carbocycles. The Kier molecular flexibility index (Phi) is 6.39. The number of hydrogen-bond donors (Lipinski definition) is 1. The monoisotopic (exact) mass is 516 g/mol. The molecule has 3 fully saturated rings. The molecule has 0 amide bonds. The summed E-state index contributed by atoms with van der Waals surface area (Å²) in [6.07, 6.45) is 0.613. The summed E-state index contributed by atoms with van der Waals surface area (Å²) in [5, 5.41) is 11.0. The topological polar surface area (TPSA) is 80.7 Å². The van der Waals surface area contributed by atoms with Gasteiger partial charge in [-0.1, -0.05) is 38.6 Å². The van der Waals surface area contributed by atoms with E-state index in [9.17, 15) is 19.5 Å². The molecule has 3 saturated carbocycles. The van der Waals surface area contributed by atoms with E-state index in [1.54, 1.807) is 20.8 Å². The maximum Gasteiger partial charge on any atom is 0.306 e. The maximum absolute atomic E-state index is 17.3. The van der Waals surface area contributed by atoms with Crippen molar-refractivity contribution in [2.75, 3.05) is 5.21 Å². The summed E-state index contributed by atoms with van der Waals surface area (Å²) in [4.78, 5) is 38.0. The van der Waals surface area contributed by atoms with Crippen LogP contribution in [0.25, 0.3) is 0 Å². The number of rotatable bonds is 4. The molecule has 0 aliphatic heterocycles. The van der Waals surface area contributed by atoms with Gasteiger partial charge in [-0.25, -0.2) is 8.78 Å². The minimum absolute atomic E-state index is 0.0462. The summed E-state index contributed by atoms with van der Waals surface area (Å²) >= 11 is 6.69. The van der Waals surface area contributed by atoms with Crippen LogP contribution >= 0.6 is 23.4 Å². The first-order valence-corrected chi connectivity index (χ1v) is 13.3. The molecule has 1 N–H and O–H groups in total. The quantitative estimate of drug-likeness (QED) is 0.431. The van der Waals surface area contributed by atoms with E-state index in [1.807, 2.05) is 0 Å². The number of carbonyl (C=O) groups excluding carboxylic acids is 3. The average molecular weight is 517 g/mol. The van der Waals surface area contributed by atoms with Crippen molar-refractivity contribution >= 4 is 40.2 Å². The zero-order valence-corrected chi connectivity index (χ0v) is 21.3. The molecule has 0 aromatic rings. The van der Waals surface area contributed by atoms with Gasteiger partial charge in [0.1, 0.15) is 6.17 Å². The molecule has 0 heterocycles. The molecule has 5 nitrogen and oxygen atoms in total. The van der Waals surface area contributed by atoms with Gasteiger partial charge in [0.15, 0.2) is 17.1 Å². The summed E-state index contributed by atoms with van der Waals surface area (Å²) in [5.41, 5.74) is -6.46. The van der Waals surface area contributed by atoms with Crippen molar-refractivity contribution in [1.82, 2.24) is 0 Å². The second-order valence-electron chi connectivity index (χ2n) is 10.6. The standard InChI is InChI=1S/C25H31ClF2O5S/c1-5-20(31)33-25(21(32)34-12-26)13(2)8-15-16-10-18(27)17-9-14(29)6-7-22(17,3)24(16,28)19(30)11-23(15,25)4/h6-7,9,13,15-16,18-19,30H,5,8,10-12H2,1-4H3/t13-,15+,16?,18+,19+,22+,23+,24+,25+/m1/s1. The summed E-state index contributed by atoms with van der Waals surface area (Å²) in [7, 11) is 0. The minimum Gasteiger partial charge on any atom is -0.449 e. The van der Waals surface area contributed by atoms with Crippen LogP contribution in [0.1, 0.15) is 53.4 Å². The largest absolute Gasteiger partial charge is 0.449 e. The Bertz CT molecular complexity index is 986. The molecule has 0 aromatic heterocycles. The number of thioether (sulfide) groups is 1. The molecule has 9 atom stereocenters. The molecular weight excluding hydrogens is 486 g/mol. The van der Waals surface area contributed by atoms with Gasteiger partial charge in [-0.15, -0.1) is 11.6 Å². The van der Waals surface area contributed by atoms with Crippen molar-refractivity contribution in [3.63, 3.8) is 0 Å². The van der Waals surface area contributed by atoms with Gasteiger partial charge in [-0.05, 0) is 49.8 Å². The van der Waals surface area contributed by atoms with Crippen molar-refractivity contribution in [1.29, 1.82) is 0 Å². The predicted molar refractivity (Wildman–Crippen MR) is 126 cm³/mol. The van der Waals surface area contributed by atoms with E-state index in [0.29, 0.717) is 6.42 Å². The number of halogens is 3. The molecule has 9 heteroatoms. The third kappa shape index (κ3) is 3.10. The van der Waals surface area contributed by atoms with E-state index in [0.717, 1.165) is 17.8 Å². The number of alkyl halides is 3. The van der Waals surface area contributed by atoms with Gasteiger partial charge < -0.3 is 9.84 Å². The van der Waals surface area contributed by atoms with E-state index in [-0.39, 0.29) is 30.0 Å². The zero-order chi connectivity index (χ0) is 25.3. The molecule has 0 bridgehead atoms. The highest BCUT2D eigenvalue weighted by molar-refractivity contribution is 8.14. The Morgan fingerprint density at radius 3 is 2.59 bits per heavy atom. The molecule has 4 rings (SSSR count). The fraction of sp³-hybridized carbons (Fsp3) is 0.720. The molecule has 188 valence electrons. The minimum atomic E-state index is -2.25. The van der Waals surface area contributed by atoms with Crippen molar-refractivity contribution in [3.05, 3.63) is 23.8 Å². The lowest BCUT2D eigenvalue weighted by atomic mass is 9.44. The number of esters is 1. The Balaban J connectivity index is 1.87. The van der Waals surface area contributed by atoms with Gasteiger partial charge in [0.05, 0.1) is 11.3 Å². The van der Waals surface area contributed by atoms with Gasteiger partial charge >= 0.3 is 5.97 Å². The van der Waals surface area contributed by atoms with Crippen LogP contribution in [0, 0.1) is 28.6 Å². The number of ether oxygens (including phenoxy) is 1. The summed E-state index contributed by atoms with van der Waals surface area (Å²) in [6, 6.07) is 0. The number of ketones is 1. The summed E-state index contributed by atoms with van der Waals surface area (Å²) in [5.74, 6) is -2.95. The van der Waals surface area contributed by atoms with Crippen molar-refractivity contribution in [2.24, 2.45) is 28.6 Å². The van der Waals surface area contributed by atoms with E-state index < -0.39 is 69.0 Å². The van der Waals surface area contributed by atoms with E-state index in [1.165, 1.54) is 19.1 Å². The van der Waals surface area contributed by atoms with Crippen molar-refractivity contribution in [2.45, 2.75) is 76.9 Å². The number of carbonyl (C=O) groups is 3. The van der Waals surface area contributed by atoms with Crippen LogP contribution < -0.4 is 0 Å². The molecule has 0 spiro atoms. The Morgan fingerprint density at radius 2 is 1.97 bits per heavy atom. The average Bonchev–Trinajstić information content (AvgIpc) is 2.99. The molecule has 34 heavy (non-hydrogen) atoms.